The highest BCUT2D eigenvalue weighted by Gasteiger charge is 2.20. The zero-order valence-electron chi connectivity index (χ0n) is 13.9. The molecule has 1 aliphatic heterocycles. The maximum atomic E-state index is 5.89. The van der Waals surface area contributed by atoms with E-state index in [0.29, 0.717) is 0 Å². The number of benzene rings is 1. The first-order chi connectivity index (χ1) is 10.0. The third-order valence-electron chi connectivity index (χ3n) is 3.96. The van der Waals surface area contributed by atoms with Gasteiger partial charge in [-0.2, -0.15) is 0 Å². The second-order valence-corrected chi connectivity index (χ2v) is 6.86. The van der Waals surface area contributed by atoms with Crippen LogP contribution < -0.4 is 5.32 Å². The van der Waals surface area contributed by atoms with Gasteiger partial charge in [-0.25, -0.2) is 0 Å². The summed E-state index contributed by atoms with van der Waals surface area (Å²) in [6.07, 6.45) is 5.63. The van der Waals surface area contributed by atoms with E-state index in [1.807, 2.05) is 0 Å². The molecule has 116 valence electrons. The lowest BCUT2D eigenvalue weighted by Gasteiger charge is -2.26. The van der Waals surface area contributed by atoms with Crippen LogP contribution in [0.25, 0.3) is 0 Å². The predicted octanol–water partition coefficient (Wildman–Crippen LogP) is 4.72. The van der Waals surface area contributed by atoms with Crippen molar-refractivity contribution in [1.82, 2.24) is 5.32 Å². The van der Waals surface area contributed by atoms with E-state index in [0.717, 1.165) is 38.2 Å². The Morgan fingerprint density at radius 1 is 1.19 bits per heavy atom. The van der Waals surface area contributed by atoms with Crippen molar-refractivity contribution in [3.05, 3.63) is 47.2 Å². The van der Waals surface area contributed by atoms with Crippen molar-refractivity contribution < 1.29 is 4.74 Å². The van der Waals surface area contributed by atoms with E-state index in [1.165, 1.54) is 11.1 Å². The topological polar surface area (TPSA) is 21.3 Å². The summed E-state index contributed by atoms with van der Waals surface area (Å²) in [6, 6.07) is 9.18. The van der Waals surface area contributed by atoms with Gasteiger partial charge in [-0.1, -0.05) is 52.0 Å². The standard InChI is InChI=1S/C19H29NO/c1-5-13-20-18(17-8-6-7-14-21-17)15-9-11-16(12-10-15)19(2,3)4/h8-12,18,20H,5-7,13-14H2,1-4H3. The monoisotopic (exact) mass is 287 g/mol. The van der Waals surface area contributed by atoms with Gasteiger partial charge in [-0.05, 0) is 48.4 Å². The largest absolute Gasteiger partial charge is 0.496 e. The molecular formula is C19H29NO. The second kappa shape index (κ2) is 7.13. The van der Waals surface area contributed by atoms with Crippen LogP contribution in [0.2, 0.25) is 0 Å². The van der Waals surface area contributed by atoms with Gasteiger partial charge in [0.2, 0.25) is 0 Å². The number of ether oxygens (including phenoxy) is 1. The summed E-state index contributed by atoms with van der Waals surface area (Å²) in [5.41, 5.74) is 2.87. The summed E-state index contributed by atoms with van der Waals surface area (Å²) < 4.78 is 5.89. The first-order valence-corrected chi connectivity index (χ1v) is 8.19. The van der Waals surface area contributed by atoms with Crippen molar-refractivity contribution in [3.8, 4) is 0 Å². The molecule has 1 aromatic carbocycles. The summed E-state index contributed by atoms with van der Waals surface area (Å²) in [5, 5.41) is 3.62. The average Bonchev–Trinajstić information content (AvgIpc) is 2.48. The number of nitrogens with one attached hydrogen (secondary N) is 1. The minimum Gasteiger partial charge on any atom is -0.496 e. The van der Waals surface area contributed by atoms with Gasteiger partial charge in [0.15, 0.2) is 0 Å². The van der Waals surface area contributed by atoms with Gasteiger partial charge in [0.25, 0.3) is 0 Å². The Kier molecular flexibility index (Phi) is 5.46. The SMILES string of the molecule is CCCNC(C1=CCCCO1)c1ccc(C(C)(C)C)cc1. The zero-order valence-corrected chi connectivity index (χ0v) is 13.9. The van der Waals surface area contributed by atoms with E-state index < -0.39 is 0 Å². The van der Waals surface area contributed by atoms with E-state index >= 15 is 0 Å². The Balaban J connectivity index is 2.21. The molecule has 21 heavy (non-hydrogen) atoms. The van der Waals surface area contributed by atoms with Crippen molar-refractivity contribution in [1.29, 1.82) is 0 Å². The fourth-order valence-corrected chi connectivity index (χ4v) is 2.62. The van der Waals surface area contributed by atoms with Crippen LogP contribution in [0.5, 0.6) is 0 Å². The molecule has 1 aromatic rings. The van der Waals surface area contributed by atoms with E-state index in [1.54, 1.807) is 0 Å². The van der Waals surface area contributed by atoms with Gasteiger partial charge >= 0.3 is 0 Å². The van der Waals surface area contributed by atoms with Crippen LogP contribution in [-0.4, -0.2) is 13.2 Å². The molecule has 0 bridgehead atoms. The first kappa shape index (κ1) is 16.1. The second-order valence-electron chi connectivity index (χ2n) is 6.86. The third kappa shape index (κ3) is 4.34. The molecule has 0 amide bonds. The van der Waals surface area contributed by atoms with Gasteiger partial charge in [0, 0.05) is 0 Å². The lowest BCUT2D eigenvalue weighted by molar-refractivity contribution is 0.167. The van der Waals surface area contributed by atoms with Crippen LogP contribution in [0.4, 0.5) is 0 Å². The number of rotatable bonds is 5. The fraction of sp³-hybridized carbons (Fsp3) is 0.579. The van der Waals surface area contributed by atoms with Gasteiger partial charge in [0.1, 0.15) is 5.76 Å². The van der Waals surface area contributed by atoms with Crippen LogP contribution in [0, 0.1) is 0 Å². The van der Waals surface area contributed by atoms with E-state index in [2.05, 4.69) is 63.4 Å². The highest BCUT2D eigenvalue weighted by Crippen LogP contribution is 2.29. The molecule has 0 aliphatic carbocycles. The van der Waals surface area contributed by atoms with Gasteiger partial charge < -0.3 is 10.1 Å². The molecule has 2 rings (SSSR count). The Morgan fingerprint density at radius 3 is 2.43 bits per heavy atom. The molecule has 0 saturated heterocycles. The quantitative estimate of drug-likeness (QED) is 0.846. The van der Waals surface area contributed by atoms with Crippen molar-refractivity contribution in [2.24, 2.45) is 0 Å². The summed E-state index contributed by atoms with van der Waals surface area (Å²) in [4.78, 5) is 0. The molecule has 1 heterocycles. The van der Waals surface area contributed by atoms with Crippen LogP contribution in [-0.2, 0) is 10.2 Å². The van der Waals surface area contributed by atoms with Crippen molar-refractivity contribution >= 4 is 0 Å². The minimum absolute atomic E-state index is 0.194. The highest BCUT2D eigenvalue weighted by atomic mass is 16.5. The number of hydrogen-bond acceptors (Lipinski definition) is 2. The summed E-state index contributed by atoms with van der Waals surface area (Å²) in [5.74, 6) is 1.10. The molecule has 0 saturated carbocycles. The summed E-state index contributed by atoms with van der Waals surface area (Å²) in [6.45, 7) is 10.8. The van der Waals surface area contributed by atoms with Gasteiger partial charge in [0.05, 0.1) is 12.6 Å². The number of allylic oxidation sites excluding steroid dienone is 1. The Labute approximate surface area is 129 Å². The fourth-order valence-electron chi connectivity index (χ4n) is 2.62. The van der Waals surface area contributed by atoms with Crippen molar-refractivity contribution in [3.63, 3.8) is 0 Å². The molecule has 0 radical (unpaired) electrons. The van der Waals surface area contributed by atoms with E-state index in [9.17, 15) is 0 Å². The minimum atomic E-state index is 0.194. The third-order valence-corrected chi connectivity index (χ3v) is 3.96. The molecule has 2 nitrogen and oxygen atoms in total. The maximum Gasteiger partial charge on any atom is 0.113 e. The van der Waals surface area contributed by atoms with Crippen LogP contribution >= 0.6 is 0 Å². The summed E-state index contributed by atoms with van der Waals surface area (Å²) in [7, 11) is 0. The van der Waals surface area contributed by atoms with Crippen molar-refractivity contribution in [2.45, 2.75) is 58.4 Å². The average molecular weight is 287 g/mol. The maximum absolute atomic E-state index is 5.89. The van der Waals surface area contributed by atoms with Crippen LogP contribution in [0.3, 0.4) is 0 Å². The van der Waals surface area contributed by atoms with E-state index in [-0.39, 0.29) is 11.5 Å². The first-order valence-electron chi connectivity index (χ1n) is 8.19. The molecule has 1 N–H and O–H groups in total. The lowest BCUT2D eigenvalue weighted by atomic mass is 9.86. The Morgan fingerprint density at radius 2 is 1.90 bits per heavy atom. The molecule has 1 aliphatic rings. The molecule has 0 aromatic heterocycles. The molecular weight excluding hydrogens is 258 g/mol. The van der Waals surface area contributed by atoms with Gasteiger partial charge in [-0.15, -0.1) is 0 Å². The molecule has 0 fully saturated rings. The zero-order chi connectivity index (χ0) is 15.3. The molecule has 1 unspecified atom stereocenters. The van der Waals surface area contributed by atoms with Crippen LogP contribution in [0.15, 0.2) is 36.1 Å². The van der Waals surface area contributed by atoms with E-state index in [4.69, 9.17) is 4.74 Å². The normalized spacial score (nSPS) is 17.0. The highest BCUT2D eigenvalue weighted by molar-refractivity contribution is 5.32. The van der Waals surface area contributed by atoms with Crippen LogP contribution in [0.1, 0.15) is 64.1 Å². The summed E-state index contributed by atoms with van der Waals surface area (Å²) >= 11 is 0. The Hall–Kier alpha value is -1.28. The smallest absolute Gasteiger partial charge is 0.113 e. The van der Waals surface area contributed by atoms with Gasteiger partial charge in [-0.3, -0.25) is 0 Å². The van der Waals surface area contributed by atoms with Crippen molar-refractivity contribution in [2.75, 3.05) is 13.2 Å². The molecule has 0 spiro atoms. The molecule has 1 atom stereocenters. The number of hydrogen-bond donors (Lipinski definition) is 1. The Bertz CT molecular complexity index is 467. The lowest BCUT2D eigenvalue weighted by Crippen LogP contribution is -2.26. The predicted molar refractivity (Wildman–Crippen MR) is 89.4 cm³/mol. The molecule has 2 heteroatoms.